The summed E-state index contributed by atoms with van der Waals surface area (Å²) in [6.45, 7) is 4.18. The molecule has 0 bridgehead atoms. The molecule has 1 aliphatic carbocycles. The number of rotatable bonds is 6. The van der Waals surface area contributed by atoms with Crippen LogP contribution < -0.4 is 5.32 Å². The van der Waals surface area contributed by atoms with E-state index in [0.29, 0.717) is 10.0 Å². The van der Waals surface area contributed by atoms with Crippen molar-refractivity contribution < 1.29 is 0 Å². The number of nitrogens with zero attached hydrogens (tertiary/aromatic N) is 1. The van der Waals surface area contributed by atoms with E-state index >= 15 is 0 Å². The zero-order chi connectivity index (χ0) is 14.5. The van der Waals surface area contributed by atoms with E-state index in [1.165, 1.54) is 25.7 Å². The molecule has 0 aliphatic heterocycles. The predicted octanol–water partition coefficient (Wildman–Crippen LogP) is 4.52. The quantitative estimate of drug-likeness (QED) is 0.830. The van der Waals surface area contributed by atoms with E-state index in [0.717, 1.165) is 24.7 Å². The van der Waals surface area contributed by atoms with Gasteiger partial charge in [-0.3, -0.25) is 0 Å². The van der Waals surface area contributed by atoms with Gasteiger partial charge in [0.05, 0.1) is 10.0 Å². The monoisotopic (exact) mass is 314 g/mol. The molecule has 2 nitrogen and oxygen atoms in total. The Balaban J connectivity index is 1.80. The van der Waals surface area contributed by atoms with Crippen LogP contribution in [-0.2, 0) is 0 Å². The van der Waals surface area contributed by atoms with E-state index in [2.05, 4.69) is 24.2 Å². The lowest BCUT2D eigenvalue weighted by molar-refractivity contribution is 0.243. The normalized spacial score (nSPS) is 17.9. The lowest BCUT2D eigenvalue weighted by Gasteiger charge is -2.25. The highest BCUT2D eigenvalue weighted by Gasteiger charge is 2.19. The van der Waals surface area contributed by atoms with Crippen molar-refractivity contribution in [3.8, 4) is 0 Å². The van der Waals surface area contributed by atoms with Gasteiger partial charge in [0.25, 0.3) is 0 Å². The van der Waals surface area contributed by atoms with Crippen molar-refractivity contribution in [2.45, 2.75) is 44.7 Å². The summed E-state index contributed by atoms with van der Waals surface area (Å²) in [6, 6.07) is 6.81. The summed E-state index contributed by atoms with van der Waals surface area (Å²) in [5.74, 6) is 0. The largest absolute Gasteiger partial charge is 0.309 e. The first-order chi connectivity index (χ1) is 9.59. The van der Waals surface area contributed by atoms with Crippen molar-refractivity contribution in [2.75, 3.05) is 20.1 Å². The molecular formula is C16H24Cl2N2. The van der Waals surface area contributed by atoms with Crippen LogP contribution in [0.15, 0.2) is 18.2 Å². The van der Waals surface area contributed by atoms with Crippen molar-refractivity contribution >= 4 is 23.2 Å². The Hall–Kier alpha value is -0.280. The molecule has 1 atom stereocenters. The summed E-state index contributed by atoms with van der Waals surface area (Å²) >= 11 is 12.3. The average Bonchev–Trinajstić information content (AvgIpc) is 2.95. The molecule has 20 heavy (non-hydrogen) atoms. The van der Waals surface area contributed by atoms with E-state index in [9.17, 15) is 0 Å². The van der Waals surface area contributed by atoms with E-state index in [1.807, 2.05) is 18.2 Å². The van der Waals surface area contributed by atoms with Gasteiger partial charge >= 0.3 is 0 Å². The zero-order valence-corrected chi connectivity index (χ0v) is 13.8. The molecule has 0 aromatic heterocycles. The fourth-order valence-electron chi connectivity index (χ4n) is 2.95. The molecule has 1 aromatic rings. The Labute approximate surface area is 132 Å². The van der Waals surface area contributed by atoms with Crippen LogP contribution in [0.3, 0.4) is 0 Å². The summed E-state index contributed by atoms with van der Waals surface area (Å²) < 4.78 is 0. The minimum Gasteiger partial charge on any atom is -0.309 e. The SMILES string of the molecule is CC(NCCN(C)C1CCCC1)c1cccc(Cl)c1Cl. The number of likely N-dealkylation sites (N-methyl/N-ethyl adjacent to an activating group) is 1. The highest BCUT2D eigenvalue weighted by molar-refractivity contribution is 6.42. The third kappa shape index (κ3) is 4.11. The molecule has 0 radical (unpaired) electrons. The number of hydrogen-bond donors (Lipinski definition) is 1. The molecule has 1 aliphatic rings. The van der Waals surface area contributed by atoms with Crippen molar-refractivity contribution in [1.82, 2.24) is 10.2 Å². The topological polar surface area (TPSA) is 15.3 Å². The van der Waals surface area contributed by atoms with Crippen LogP contribution in [0.25, 0.3) is 0 Å². The van der Waals surface area contributed by atoms with Crippen LogP contribution in [0.4, 0.5) is 0 Å². The van der Waals surface area contributed by atoms with Crippen LogP contribution in [0, 0.1) is 0 Å². The van der Waals surface area contributed by atoms with Gasteiger partial charge in [-0.05, 0) is 38.4 Å². The van der Waals surface area contributed by atoms with Crippen LogP contribution in [0.2, 0.25) is 10.0 Å². The van der Waals surface area contributed by atoms with E-state index in [4.69, 9.17) is 23.2 Å². The van der Waals surface area contributed by atoms with Gasteiger partial charge < -0.3 is 10.2 Å². The minimum atomic E-state index is 0.221. The maximum atomic E-state index is 6.25. The summed E-state index contributed by atoms with van der Waals surface area (Å²) in [4.78, 5) is 2.48. The Morgan fingerprint density at radius 3 is 2.70 bits per heavy atom. The van der Waals surface area contributed by atoms with Crippen molar-refractivity contribution in [2.24, 2.45) is 0 Å². The fraction of sp³-hybridized carbons (Fsp3) is 0.625. The first-order valence-electron chi connectivity index (χ1n) is 7.47. The molecule has 1 N–H and O–H groups in total. The zero-order valence-electron chi connectivity index (χ0n) is 12.3. The molecule has 0 spiro atoms. The van der Waals surface area contributed by atoms with Gasteiger partial charge in [0, 0.05) is 25.2 Å². The van der Waals surface area contributed by atoms with Gasteiger partial charge in [0.15, 0.2) is 0 Å². The first kappa shape index (κ1) is 16.1. The molecule has 2 rings (SSSR count). The third-order valence-corrected chi connectivity index (χ3v) is 5.14. The molecule has 0 amide bonds. The van der Waals surface area contributed by atoms with Crippen molar-refractivity contribution in [3.05, 3.63) is 33.8 Å². The summed E-state index contributed by atoms with van der Waals surface area (Å²) in [5.41, 5.74) is 1.07. The van der Waals surface area contributed by atoms with Crippen molar-refractivity contribution in [1.29, 1.82) is 0 Å². The molecular weight excluding hydrogens is 291 g/mol. The smallest absolute Gasteiger partial charge is 0.0639 e. The molecule has 1 aromatic carbocycles. The van der Waals surface area contributed by atoms with Gasteiger partial charge in [-0.2, -0.15) is 0 Å². The number of benzene rings is 1. The molecule has 1 fully saturated rings. The summed E-state index contributed by atoms with van der Waals surface area (Å²) in [6.07, 6.45) is 5.48. The maximum Gasteiger partial charge on any atom is 0.0639 e. The van der Waals surface area contributed by atoms with E-state index in [-0.39, 0.29) is 6.04 Å². The van der Waals surface area contributed by atoms with E-state index in [1.54, 1.807) is 0 Å². The summed E-state index contributed by atoms with van der Waals surface area (Å²) in [7, 11) is 2.23. The molecule has 4 heteroatoms. The molecule has 1 unspecified atom stereocenters. The van der Waals surface area contributed by atoms with E-state index < -0.39 is 0 Å². The van der Waals surface area contributed by atoms with Gasteiger partial charge in [0.1, 0.15) is 0 Å². The highest BCUT2D eigenvalue weighted by atomic mass is 35.5. The Kier molecular flexibility index (Phi) is 6.16. The van der Waals surface area contributed by atoms with Gasteiger partial charge in [0.2, 0.25) is 0 Å². The Bertz CT molecular complexity index is 430. The second-order valence-corrected chi connectivity index (χ2v) is 6.52. The lowest BCUT2D eigenvalue weighted by atomic mass is 10.1. The number of halogens is 2. The summed E-state index contributed by atoms with van der Waals surface area (Å²) in [5, 5.41) is 4.83. The van der Waals surface area contributed by atoms with Crippen molar-refractivity contribution in [3.63, 3.8) is 0 Å². The van der Waals surface area contributed by atoms with Crippen LogP contribution in [0.1, 0.15) is 44.2 Å². The van der Waals surface area contributed by atoms with Gasteiger partial charge in [-0.15, -0.1) is 0 Å². The Morgan fingerprint density at radius 2 is 2.00 bits per heavy atom. The average molecular weight is 315 g/mol. The predicted molar refractivity (Wildman–Crippen MR) is 87.8 cm³/mol. The standard InChI is InChI=1S/C16H24Cl2N2/c1-12(14-8-5-9-15(17)16(14)18)19-10-11-20(2)13-6-3-4-7-13/h5,8-9,12-13,19H,3-4,6-7,10-11H2,1-2H3. The fourth-order valence-corrected chi connectivity index (χ4v) is 3.42. The number of hydrogen-bond acceptors (Lipinski definition) is 2. The molecule has 0 saturated heterocycles. The van der Waals surface area contributed by atoms with Crippen LogP contribution in [0.5, 0.6) is 0 Å². The van der Waals surface area contributed by atoms with Crippen LogP contribution >= 0.6 is 23.2 Å². The minimum absolute atomic E-state index is 0.221. The Morgan fingerprint density at radius 1 is 1.30 bits per heavy atom. The third-order valence-electron chi connectivity index (χ3n) is 4.31. The lowest BCUT2D eigenvalue weighted by Crippen LogP contribution is -2.36. The second-order valence-electron chi connectivity index (χ2n) is 5.74. The molecule has 0 heterocycles. The van der Waals surface area contributed by atoms with Gasteiger partial charge in [-0.25, -0.2) is 0 Å². The van der Waals surface area contributed by atoms with Crippen LogP contribution in [-0.4, -0.2) is 31.1 Å². The second kappa shape index (κ2) is 7.65. The molecule has 1 saturated carbocycles. The maximum absolute atomic E-state index is 6.25. The molecule has 112 valence electrons. The first-order valence-corrected chi connectivity index (χ1v) is 8.22. The van der Waals surface area contributed by atoms with Gasteiger partial charge in [-0.1, -0.05) is 48.2 Å². The highest BCUT2D eigenvalue weighted by Crippen LogP contribution is 2.29. The number of nitrogens with one attached hydrogen (secondary N) is 1.